The van der Waals surface area contributed by atoms with Crippen LogP contribution in [0.2, 0.25) is 0 Å². The second-order valence-corrected chi connectivity index (χ2v) is 9.44. The highest BCUT2D eigenvalue weighted by Crippen LogP contribution is 2.19. The van der Waals surface area contributed by atoms with E-state index >= 15 is 0 Å². The summed E-state index contributed by atoms with van der Waals surface area (Å²) in [5.41, 5.74) is 1.70. The van der Waals surface area contributed by atoms with Gasteiger partial charge in [-0.3, -0.25) is 0 Å². The summed E-state index contributed by atoms with van der Waals surface area (Å²) in [4.78, 5) is 0.255. The number of sulfonamides is 1. The normalized spacial score (nSPS) is 11.4. The Morgan fingerprint density at radius 1 is 1.11 bits per heavy atom. The maximum Gasteiger partial charge on any atom is 0.243 e. The van der Waals surface area contributed by atoms with Crippen LogP contribution in [0.25, 0.3) is 0 Å². The van der Waals surface area contributed by atoms with E-state index in [1.807, 2.05) is 30.3 Å². The Morgan fingerprint density at radius 3 is 2.41 bits per heavy atom. The highest BCUT2D eigenvalue weighted by molar-refractivity contribution is 7.98. The monoisotopic (exact) mass is 423 g/mol. The second kappa shape index (κ2) is 10.7. The third-order valence-corrected chi connectivity index (χ3v) is 6.64. The van der Waals surface area contributed by atoms with Gasteiger partial charge >= 0.3 is 0 Å². The van der Waals surface area contributed by atoms with E-state index in [1.165, 1.54) is 4.31 Å². The summed E-state index contributed by atoms with van der Waals surface area (Å²) < 4.78 is 26.8. The molecule has 8 heteroatoms. The summed E-state index contributed by atoms with van der Waals surface area (Å²) in [6.07, 6.45) is 3.11. The molecule has 0 heterocycles. The Labute approximate surface area is 171 Å². The van der Waals surface area contributed by atoms with E-state index in [2.05, 4.69) is 16.9 Å². The Balaban J connectivity index is 1.95. The Bertz CT molecular complexity index is 825. The first kappa shape index (κ1) is 21.7. The van der Waals surface area contributed by atoms with Crippen molar-refractivity contribution in [1.82, 2.24) is 9.62 Å². The van der Waals surface area contributed by atoms with Crippen LogP contribution >= 0.6 is 24.0 Å². The van der Waals surface area contributed by atoms with Crippen LogP contribution in [-0.2, 0) is 16.6 Å². The number of thiocarbonyl (C=S) groups is 1. The summed E-state index contributed by atoms with van der Waals surface area (Å²) in [6, 6.07) is 16.1. The topological polar surface area (TPSA) is 61.4 Å². The highest BCUT2D eigenvalue weighted by atomic mass is 32.2. The van der Waals surface area contributed by atoms with Crippen molar-refractivity contribution in [3.8, 4) is 0 Å². The van der Waals surface area contributed by atoms with Gasteiger partial charge in [-0.15, -0.1) is 0 Å². The van der Waals surface area contributed by atoms with Gasteiger partial charge < -0.3 is 10.6 Å². The van der Waals surface area contributed by atoms with Crippen molar-refractivity contribution in [3.63, 3.8) is 0 Å². The number of hydrogen-bond donors (Lipinski definition) is 2. The molecule has 0 aliphatic carbocycles. The SMILES string of the molecule is CSCCCNC(=S)Nc1ccc(S(=O)(=O)N(C)Cc2ccccc2)cc1. The lowest BCUT2D eigenvalue weighted by Gasteiger charge is -2.18. The van der Waals surface area contributed by atoms with E-state index in [9.17, 15) is 8.42 Å². The minimum Gasteiger partial charge on any atom is -0.362 e. The molecule has 0 aromatic heterocycles. The van der Waals surface area contributed by atoms with Crippen LogP contribution in [0.3, 0.4) is 0 Å². The van der Waals surface area contributed by atoms with Gasteiger partial charge in [0, 0.05) is 25.8 Å². The number of nitrogens with zero attached hydrogens (tertiary/aromatic N) is 1. The summed E-state index contributed by atoms with van der Waals surface area (Å²) in [7, 11) is -1.96. The van der Waals surface area contributed by atoms with E-state index in [4.69, 9.17) is 12.2 Å². The van der Waals surface area contributed by atoms with E-state index in [-0.39, 0.29) is 4.90 Å². The van der Waals surface area contributed by atoms with E-state index in [0.717, 1.165) is 30.0 Å². The second-order valence-electron chi connectivity index (χ2n) is 6.00. The molecule has 2 aromatic carbocycles. The molecule has 0 fully saturated rings. The van der Waals surface area contributed by atoms with Gasteiger partial charge in [0.05, 0.1) is 4.90 Å². The van der Waals surface area contributed by atoms with Gasteiger partial charge in [0.1, 0.15) is 0 Å². The summed E-state index contributed by atoms with van der Waals surface area (Å²) in [6.45, 7) is 1.14. The first-order valence-electron chi connectivity index (χ1n) is 8.57. The molecular weight excluding hydrogens is 398 g/mol. The Morgan fingerprint density at radius 2 is 1.78 bits per heavy atom. The van der Waals surface area contributed by atoms with Crippen LogP contribution in [0.4, 0.5) is 5.69 Å². The number of hydrogen-bond acceptors (Lipinski definition) is 4. The molecule has 0 saturated carbocycles. The van der Waals surface area contributed by atoms with Crippen LogP contribution < -0.4 is 10.6 Å². The molecule has 0 saturated heterocycles. The van der Waals surface area contributed by atoms with Gasteiger partial charge in [0.15, 0.2) is 5.11 Å². The molecule has 2 N–H and O–H groups in total. The van der Waals surface area contributed by atoms with E-state index < -0.39 is 10.0 Å². The quantitative estimate of drug-likeness (QED) is 0.475. The zero-order chi connectivity index (χ0) is 19.7. The molecule has 2 rings (SSSR count). The Kier molecular flexibility index (Phi) is 8.56. The van der Waals surface area contributed by atoms with Crippen molar-refractivity contribution in [2.45, 2.75) is 17.9 Å². The summed E-state index contributed by atoms with van der Waals surface area (Å²) in [5, 5.41) is 6.74. The van der Waals surface area contributed by atoms with Crippen molar-refractivity contribution < 1.29 is 8.42 Å². The van der Waals surface area contributed by atoms with Gasteiger partial charge in [-0.05, 0) is 60.5 Å². The molecule has 0 radical (unpaired) electrons. The lowest BCUT2D eigenvalue weighted by molar-refractivity contribution is 0.467. The lowest BCUT2D eigenvalue weighted by atomic mass is 10.2. The fourth-order valence-corrected chi connectivity index (χ4v) is 4.22. The molecule has 0 unspecified atom stereocenters. The minimum atomic E-state index is -3.55. The minimum absolute atomic E-state index is 0.255. The molecule has 0 aliphatic rings. The molecule has 0 aliphatic heterocycles. The lowest BCUT2D eigenvalue weighted by Crippen LogP contribution is -2.29. The fourth-order valence-electron chi connectivity index (χ4n) is 2.41. The average Bonchev–Trinajstić information content (AvgIpc) is 2.66. The van der Waals surface area contributed by atoms with Crippen LogP contribution in [0.5, 0.6) is 0 Å². The van der Waals surface area contributed by atoms with Crippen LogP contribution in [0.15, 0.2) is 59.5 Å². The summed E-state index contributed by atoms with van der Waals surface area (Å²) >= 11 is 7.05. The predicted molar refractivity (Wildman–Crippen MR) is 119 cm³/mol. The van der Waals surface area contributed by atoms with E-state index in [1.54, 1.807) is 43.1 Å². The largest absolute Gasteiger partial charge is 0.362 e. The number of rotatable bonds is 9. The van der Waals surface area contributed by atoms with Crippen LogP contribution in [0.1, 0.15) is 12.0 Å². The molecule has 0 atom stereocenters. The molecule has 27 heavy (non-hydrogen) atoms. The van der Waals surface area contributed by atoms with Crippen molar-refractivity contribution in [2.24, 2.45) is 0 Å². The van der Waals surface area contributed by atoms with Crippen molar-refractivity contribution in [1.29, 1.82) is 0 Å². The van der Waals surface area contributed by atoms with Gasteiger partial charge in [0.25, 0.3) is 0 Å². The summed E-state index contributed by atoms with van der Waals surface area (Å²) in [5.74, 6) is 1.08. The standard InChI is InChI=1S/C19H25N3O2S3/c1-22(15-16-7-4-3-5-8-16)27(23,24)18-11-9-17(10-12-18)21-19(25)20-13-6-14-26-2/h3-5,7-12H,6,13-15H2,1-2H3,(H2,20,21,25). The molecule has 2 aromatic rings. The molecule has 5 nitrogen and oxygen atoms in total. The highest BCUT2D eigenvalue weighted by Gasteiger charge is 2.20. The zero-order valence-corrected chi connectivity index (χ0v) is 18.0. The van der Waals surface area contributed by atoms with Crippen LogP contribution in [-0.4, -0.2) is 43.4 Å². The van der Waals surface area contributed by atoms with Crippen molar-refractivity contribution >= 4 is 44.8 Å². The maximum absolute atomic E-state index is 12.7. The van der Waals surface area contributed by atoms with Gasteiger partial charge in [0.2, 0.25) is 10.0 Å². The maximum atomic E-state index is 12.7. The third kappa shape index (κ3) is 6.80. The smallest absolute Gasteiger partial charge is 0.243 e. The number of benzene rings is 2. The molecular formula is C19H25N3O2S3. The average molecular weight is 424 g/mol. The zero-order valence-electron chi connectivity index (χ0n) is 15.5. The molecule has 0 spiro atoms. The number of thioether (sulfide) groups is 1. The number of anilines is 1. The van der Waals surface area contributed by atoms with Crippen molar-refractivity contribution in [3.05, 3.63) is 60.2 Å². The van der Waals surface area contributed by atoms with E-state index in [0.29, 0.717) is 11.7 Å². The Hall–Kier alpha value is -1.61. The fraction of sp³-hybridized carbons (Fsp3) is 0.316. The molecule has 146 valence electrons. The third-order valence-electron chi connectivity index (χ3n) is 3.88. The van der Waals surface area contributed by atoms with Crippen molar-refractivity contribution in [2.75, 3.05) is 30.9 Å². The van der Waals surface area contributed by atoms with Gasteiger partial charge in [-0.25, -0.2) is 8.42 Å². The van der Waals surface area contributed by atoms with Crippen LogP contribution in [0, 0.1) is 0 Å². The number of nitrogens with one attached hydrogen (secondary N) is 2. The predicted octanol–water partition coefficient (Wildman–Crippen LogP) is 3.55. The van der Waals surface area contributed by atoms with Gasteiger partial charge in [-0.1, -0.05) is 30.3 Å². The first-order valence-corrected chi connectivity index (χ1v) is 11.8. The molecule has 0 amide bonds. The molecule has 0 bridgehead atoms. The first-order chi connectivity index (χ1) is 12.9. The van der Waals surface area contributed by atoms with Gasteiger partial charge in [-0.2, -0.15) is 16.1 Å².